The number of piperidine rings is 1. The molecule has 1 saturated heterocycles. The summed E-state index contributed by atoms with van der Waals surface area (Å²) < 4.78 is 1.96. The zero-order chi connectivity index (χ0) is 14.8. The molecule has 2 aromatic heterocycles. The molecule has 5 heteroatoms. The Balaban J connectivity index is 1.80. The Morgan fingerprint density at radius 2 is 2.24 bits per heavy atom. The van der Waals surface area contributed by atoms with E-state index in [0.29, 0.717) is 12.0 Å². The number of aromatic nitrogens is 3. The summed E-state index contributed by atoms with van der Waals surface area (Å²) in [4.78, 5) is 6.79. The summed E-state index contributed by atoms with van der Waals surface area (Å²) in [6.45, 7) is 9.84. The van der Waals surface area contributed by atoms with Crippen molar-refractivity contribution in [2.75, 3.05) is 24.5 Å². The van der Waals surface area contributed by atoms with Crippen molar-refractivity contribution in [3.63, 3.8) is 0 Å². The van der Waals surface area contributed by atoms with Crippen LogP contribution in [0.25, 0.3) is 5.65 Å². The van der Waals surface area contributed by atoms with Crippen LogP contribution in [-0.4, -0.2) is 40.3 Å². The third-order valence-corrected chi connectivity index (χ3v) is 4.16. The van der Waals surface area contributed by atoms with Crippen LogP contribution in [0, 0.1) is 12.8 Å². The van der Waals surface area contributed by atoms with Crippen LogP contribution in [0.3, 0.4) is 0 Å². The summed E-state index contributed by atoms with van der Waals surface area (Å²) in [5.41, 5.74) is 2.18. The summed E-state index contributed by atoms with van der Waals surface area (Å²) in [7, 11) is 0. The summed E-state index contributed by atoms with van der Waals surface area (Å²) >= 11 is 0. The predicted molar refractivity (Wildman–Crippen MR) is 85.8 cm³/mol. The maximum absolute atomic E-state index is 4.38. The molecule has 5 nitrogen and oxygen atoms in total. The van der Waals surface area contributed by atoms with Crippen molar-refractivity contribution in [2.24, 2.45) is 5.92 Å². The van der Waals surface area contributed by atoms with Gasteiger partial charge in [-0.3, -0.25) is 0 Å². The van der Waals surface area contributed by atoms with Crippen LogP contribution in [0.1, 0.15) is 32.3 Å². The summed E-state index contributed by atoms with van der Waals surface area (Å²) in [6, 6.07) is 4.86. The molecule has 1 N–H and O–H groups in total. The highest BCUT2D eigenvalue weighted by Crippen LogP contribution is 2.24. The highest BCUT2D eigenvalue weighted by molar-refractivity contribution is 5.53. The number of nitrogens with one attached hydrogen (secondary N) is 1. The van der Waals surface area contributed by atoms with Gasteiger partial charge in [-0.15, -0.1) is 0 Å². The van der Waals surface area contributed by atoms with Gasteiger partial charge in [0.2, 0.25) is 0 Å². The number of rotatable bonds is 4. The minimum absolute atomic E-state index is 0.557. The molecular formula is C16H25N5. The predicted octanol–water partition coefficient (Wildman–Crippen LogP) is 2.25. The van der Waals surface area contributed by atoms with E-state index >= 15 is 0 Å². The molecule has 0 bridgehead atoms. The van der Waals surface area contributed by atoms with Crippen molar-refractivity contribution in [3.05, 3.63) is 24.0 Å². The molecule has 1 fully saturated rings. The molecule has 0 saturated carbocycles. The lowest BCUT2D eigenvalue weighted by Gasteiger charge is -2.35. The lowest BCUT2D eigenvalue weighted by molar-refractivity contribution is 0.377. The number of hydrogen-bond acceptors (Lipinski definition) is 4. The average Bonchev–Trinajstić information content (AvgIpc) is 2.92. The summed E-state index contributed by atoms with van der Waals surface area (Å²) in [6.07, 6.45) is 4.19. The van der Waals surface area contributed by atoms with Crippen LogP contribution in [0.15, 0.2) is 18.5 Å². The van der Waals surface area contributed by atoms with Crippen molar-refractivity contribution in [3.8, 4) is 0 Å². The SMILES string of the molecule is Cc1cc(N2CCCC(CNC(C)C)C2)n2ncnc2c1. The third-order valence-electron chi connectivity index (χ3n) is 4.16. The van der Waals surface area contributed by atoms with Gasteiger partial charge >= 0.3 is 0 Å². The zero-order valence-electron chi connectivity index (χ0n) is 13.2. The monoisotopic (exact) mass is 287 g/mol. The minimum atomic E-state index is 0.557. The quantitative estimate of drug-likeness (QED) is 0.937. The number of fused-ring (bicyclic) bond motifs is 1. The number of pyridine rings is 1. The van der Waals surface area contributed by atoms with Gasteiger partial charge in [0.1, 0.15) is 12.1 Å². The smallest absolute Gasteiger partial charge is 0.157 e. The van der Waals surface area contributed by atoms with Gasteiger partial charge in [0.15, 0.2) is 5.65 Å². The number of hydrogen-bond donors (Lipinski definition) is 1. The van der Waals surface area contributed by atoms with E-state index in [9.17, 15) is 0 Å². The molecule has 0 aliphatic carbocycles. The molecule has 3 rings (SSSR count). The van der Waals surface area contributed by atoms with Gasteiger partial charge in [-0.05, 0) is 49.9 Å². The maximum Gasteiger partial charge on any atom is 0.157 e. The molecule has 0 spiro atoms. The first-order valence-electron chi connectivity index (χ1n) is 7.92. The highest BCUT2D eigenvalue weighted by Gasteiger charge is 2.22. The van der Waals surface area contributed by atoms with Crippen molar-refractivity contribution < 1.29 is 0 Å². The zero-order valence-corrected chi connectivity index (χ0v) is 13.2. The van der Waals surface area contributed by atoms with Gasteiger partial charge in [-0.2, -0.15) is 9.61 Å². The second-order valence-electron chi connectivity index (χ2n) is 6.44. The first kappa shape index (κ1) is 14.3. The van der Waals surface area contributed by atoms with Gasteiger partial charge in [0, 0.05) is 19.1 Å². The van der Waals surface area contributed by atoms with Gasteiger partial charge in [-0.25, -0.2) is 4.98 Å². The Kier molecular flexibility index (Phi) is 4.10. The Morgan fingerprint density at radius 3 is 3.05 bits per heavy atom. The molecule has 2 aromatic rings. The van der Waals surface area contributed by atoms with Gasteiger partial charge in [-0.1, -0.05) is 13.8 Å². The van der Waals surface area contributed by atoms with E-state index in [-0.39, 0.29) is 0 Å². The second-order valence-corrected chi connectivity index (χ2v) is 6.44. The van der Waals surface area contributed by atoms with Crippen LogP contribution in [0.4, 0.5) is 5.82 Å². The number of nitrogens with zero attached hydrogens (tertiary/aromatic N) is 4. The molecule has 0 aromatic carbocycles. The molecule has 1 unspecified atom stereocenters. The molecule has 3 heterocycles. The van der Waals surface area contributed by atoms with Gasteiger partial charge < -0.3 is 10.2 Å². The van der Waals surface area contributed by atoms with E-state index in [1.165, 1.54) is 24.2 Å². The van der Waals surface area contributed by atoms with E-state index in [1.54, 1.807) is 6.33 Å². The molecule has 21 heavy (non-hydrogen) atoms. The van der Waals surface area contributed by atoms with Gasteiger partial charge in [0.05, 0.1) is 0 Å². The topological polar surface area (TPSA) is 45.5 Å². The Hall–Kier alpha value is -1.62. The molecule has 0 radical (unpaired) electrons. The lowest BCUT2D eigenvalue weighted by Crippen LogP contribution is -2.41. The maximum atomic E-state index is 4.38. The first-order valence-corrected chi connectivity index (χ1v) is 7.92. The van der Waals surface area contributed by atoms with E-state index in [4.69, 9.17) is 0 Å². The Morgan fingerprint density at radius 1 is 1.38 bits per heavy atom. The van der Waals surface area contributed by atoms with Crippen molar-refractivity contribution >= 4 is 11.5 Å². The summed E-state index contributed by atoms with van der Waals surface area (Å²) in [5.74, 6) is 1.89. The normalized spacial score (nSPS) is 19.6. The van der Waals surface area contributed by atoms with E-state index in [2.05, 4.69) is 53.2 Å². The number of aryl methyl sites for hydroxylation is 1. The van der Waals surface area contributed by atoms with Crippen LogP contribution < -0.4 is 10.2 Å². The minimum Gasteiger partial charge on any atom is -0.356 e. The van der Waals surface area contributed by atoms with E-state index in [0.717, 1.165) is 25.3 Å². The van der Waals surface area contributed by atoms with Crippen molar-refractivity contribution in [1.82, 2.24) is 19.9 Å². The molecular weight excluding hydrogens is 262 g/mol. The third kappa shape index (κ3) is 3.18. The highest BCUT2D eigenvalue weighted by atomic mass is 15.4. The Bertz CT molecular complexity index is 604. The first-order chi connectivity index (χ1) is 10.1. The molecule has 1 atom stereocenters. The van der Waals surface area contributed by atoms with Crippen LogP contribution in [0.5, 0.6) is 0 Å². The molecule has 0 amide bonds. The standard InChI is InChI=1S/C16H25N5/c1-12(2)17-9-14-5-4-6-20(10-14)16-8-13(3)7-15-18-11-19-21(15)16/h7-8,11-12,14,17H,4-6,9-10H2,1-3H3. The van der Waals surface area contributed by atoms with Crippen LogP contribution in [-0.2, 0) is 0 Å². The van der Waals surface area contributed by atoms with Gasteiger partial charge in [0.25, 0.3) is 0 Å². The number of anilines is 1. The van der Waals surface area contributed by atoms with Crippen LogP contribution >= 0.6 is 0 Å². The largest absolute Gasteiger partial charge is 0.356 e. The van der Waals surface area contributed by atoms with Crippen molar-refractivity contribution in [1.29, 1.82) is 0 Å². The van der Waals surface area contributed by atoms with Crippen LogP contribution in [0.2, 0.25) is 0 Å². The fourth-order valence-electron chi connectivity index (χ4n) is 3.10. The fraction of sp³-hybridized carbons (Fsp3) is 0.625. The molecule has 1 aliphatic heterocycles. The van der Waals surface area contributed by atoms with E-state index < -0.39 is 0 Å². The average molecular weight is 287 g/mol. The lowest BCUT2D eigenvalue weighted by atomic mass is 9.97. The Labute approximate surface area is 126 Å². The molecule has 1 aliphatic rings. The molecule has 114 valence electrons. The fourth-order valence-corrected chi connectivity index (χ4v) is 3.10. The second kappa shape index (κ2) is 6.02. The van der Waals surface area contributed by atoms with E-state index in [1.807, 2.05) is 4.52 Å². The summed E-state index contributed by atoms with van der Waals surface area (Å²) in [5, 5.41) is 7.95. The van der Waals surface area contributed by atoms with Crippen molar-refractivity contribution in [2.45, 2.75) is 39.7 Å².